The lowest BCUT2D eigenvalue weighted by atomic mass is 9.94. The largest absolute Gasteiger partial charge is 0.319 e. The summed E-state index contributed by atoms with van der Waals surface area (Å²) in [4.78, 5) is 0. The lowest BCUT2D eigenvalue weighted by Crippen LogP contribution is -2.34. The van der Waals surface area contributed by atoms with E-state index in [1.165, 1.54) is 38.9 Å². The minimum atomic E-state index is 0.834. The molecule has 4 aromatic rings. The van der Waals surface area contributed by atoms with Gasteiger partial charge in [0, 0.05) is 0 Å². The number of benzene rings is 3. The van der Waals surface area contributed by atoms with Gasteiger partial charge in [0.2, 0.25) is 6.33 Å². The van der Waals surface area contributed by atoms with Crippen molar-refractivity contribution < 1.29 is 4.57 Å². The van der Waals surface area contributed by atoms with E-state index in [4.69, 9.17) is 0 Å². The van der Waals surface area contributed by atoms with Crippen LogP contribution in [0.15, 0.2) is 60.7 Å². The molecular weight excluding hydrogens is 316 g/mol. The first-order chi connectivity index (χ1) is 12.6. The average molecular weight is 340 g/mol. The molecule has 0 saturated carbocycles. The molecule has 0 fully saturated rings. The van der Waals surface area contributed by atoms with Gasteiger partial charge in [0.05, 0.1) is 23.3 Å². The zero-order valence-electron chi connectivity index (χ0n) is 15.9. The Morgan fingerprint density at radius 1 is 0.808 bits per heavy atom. The summed E-state index contributed by atoms with van der Waals surface area (Å²) < 4.78 is 4.40. The van der Waals surface area contributed by atoms with Crippen molar-refractivity contribution in [3.63, 3.8) is 0 Å². The summed E-state index contributed by atoms with van der Waals surface area (Å²) in [5, 5.41) is 0. The second-order valence-corrected chi connectivity index (χ2v) is 7.08. The van der Waals surface area contributed by atoms with Crippen LogP contribution in [0.3, 0.4) is 0 Å². The van der Waals surface area contributed by atoms with Crippen molar-refractivity contribution in [1.82, 2.24) is 4.57 Å². The third-order valence-electron chi connectivity index (χ3n) is 5.49. The van der Waals surface area contributed by atoms with Crippen LogP contribution in [0.5, 0.6) is 0 Å². The number of rotatable bonds is 3. The monoisotopic (exact) mass is 340 g/mol. The van der Waals surface area contributed by atoms with Crippen LogP contribution >= 0.6 is 0 Å². The number of hydrogen-bond donors (Lipinski definition) is 0. The minimum absolute atomic E-state index is 0.834. The Morgan fingerprint density at radius 2 is 1.42 bits per heavy atom. The van der Waals surface area contributed by atoms with Crippen LogP contribution in [0.4, 0.5) is 0 Å². The summed E-state index contributed by atoms with van der Waals surface area (Å²) >= 11 is 0. The van der Waals surface area contributed by atoms with Crippen LogP contribution in [0, 0.1) is 34.0 Å². The van der Waals surface area contributed by atoms with Gasteiger partial charge < -0.3 is 9.13 Å². The molecule has 0 aliphatic rings. The van der Waals surface area contributed by atoms with Crippen LogP contribution in [0.25, 0.3) is 16.7 Å². The summed E-state index contributed by atoms with van der Waals surface area (Å²) in [7, 11) is 0. The zero-order valence-corrected chi connectivity index (χ0v) is 15.9. The number of imidazole rings is 1. The van der Waals surface area contributed by atoms with Gasteiger partial charge in [0.1, 0.15) is 0 Å². The highest BCUT2D eigenvalue weighted by Gasteiger charge is 2.14. The first kappa shape index (κ1) is 16.6. The summed E-state index contributed by atoms with van der Waals surface area (Å²) in [5.74, 6) is 0. The number of para-hydroxylation sites is 3. The molecule has 0 unspecified atom stereocenters. The number of nitrogens with zero attached hydrogens (tertiary/aromatic N) is 2. The van der Waals surface area contributed by atoms with Crippen molar-refractivity contribution in [3.05, 3.63) is 94.8 Å². The SMILES string of the molecule is Cc1cc(C)c(C)c(C[n+]2[c-]n(-c3ccccc3)c3ccccc32)c1C. The van der Waals surface area contributed by atoms with Gasteiger partial charge in [-0.05, 0) is 55.5 Å². The molecule has 4 rings (SSSR count). The molecule has 0 aliphatic carbocycles. The van der Waals surface area contributed by atoms with Gasteiger partial charge in [0.25, 0.3) is 0 Å². The lowest BCUT2D eigenvalue weighted by molar-refractivity contribution is -0.667. The normalized spacial score (nSPS) is 11.2. The molecule has 3 aromatic carbocycles. The zero-order chi connectivity index (χ0) is 18.3. The molecule has 0 aliphatic heterocycles. The van der Waals surface area contributed by atoms with Crippen LogP contribution in [-0.4, -0.2) is 4.57 Å². The Balaban J connectivity index is 1.90. The van der Waals surface area contributed by atoms with Crippen molar-refractivity contribution in [2.75, 3.05) is 0 Å². The Kier molecular flexibility index (Phi) is 4.12. The minimum Gasteiger partial charge on any atom is -0.319 e. The number of fused-ring (bicyclic) bond motifs is 1. The first-order valence-corrected chi connectivity index (χ1v) is 9.10. The number of aromatic nitrogens is 2. The second-order valence-electron chi connectivity index (χ2n) is 7.08. The third-order valence-corrected chi connectivity index (χ3v) is 5.49. The smallest absolute Gasteiger partial charge is 0.244 e. The molecule has 2 heteroatoms. The Hall–Kier alpha value is -2.87. The van der Waals surface area contributed by atoms with E-state index in [0.717, 1.165) is 12.2 Å². The van der Waals surface area contributed by atoms with Gasteiger partial charge in [-0.25, -0.2) is 0 Å². The van der Waals surface area contributed by atoms with Crippen LogP contribution in [0.1, 0.15) is 27.8 Å². The molecule has 2 nitrogen and oxygen atoms in total. The van der Waals surface area contributed by atoms with Crippen LogP contribution in [0.2, 0.25) is 0 Å². The maximum absolute atomic E-state index is 3.58. The molecule has 0 radical (unpaired) electrons. The molecular formula is C24H24N2. The van der Waals surface area contributed by atoms with Crippen molar-refractivity contribution in [2.45, 2.75) is 34.2 Å². The van der Waals surface area contributed by atoms with Gasteiger partial charge in [-0.2, -0.15) is 0 Å². The number of aryl methyl sites for hydroxylation is 2. The Morgan fingerprint density at radius 3 is 2.12 bits per heavy atom. The van der Waals surface area contributed by atoms with E-state index >= 15 is 0 Å². The average Bonchev–Trinajstić information content (AvgIpc) is 3.03. The van der Waals surface area contributed by atoms with E-state index in [1.807, 2.05) is 6.07 Å². The van der Waals surface area contributed by atoms with Gasteiger partial charge in [-0.1, -0.05) is 60.7 Å². The topological polar surface area (TPSA) is 8.81 Å². The van der Waals surface area contributed by atoms with Crippen molar-refractivity contribution in [1.29, 1.82) is 0 Å². The highest BCUT2D eigenvalue weighted by Crippen LogP contribution is 2.23. The fourth-order valence-corrected chi connectivity index (χ4v) is 3.70. The fraction of sp³-hybridized carbons (Fsp3) is 0.208. The van der Waals surface area contributed by atoms with Crippen molar-refractivity contribution >= 4 is 11.0 Å². The second kappa shape index (κ2) is 6.45. The predicted molar refractivity (Wildman–Crippen MR) is 107 cm³/mol. The van der Waals surface area contributed by atoms with Gasteiger partial charge >= 0.3 is 0 Å². The van der Waals surface area contributed by atoms with E-state index in [2.05, 4.69) is 97.8 Å². The quantitative estimate of drug-likeness (QED) is 0.366. The lowest BCUT2D eigenvalue weighted by Gasteiger charge is -2.15. The highest BCUT2D eigenvalue weighted by atomic mass is 15.1. The van der Waals surface area contributed by atoms with Crippen LogP contribution < -0.4 is 4.57 Å². The first-order valence-electron chi connectivity index (χ1n) is 9.10. The number of hydrogen-bond acceptors (Lipinski definition) is 0. The van der Waals surface area contributed by atoms with Gasteiger partial charge in [-0.15, -0.1) is 0 Å². The molecule has 0 saturated heterocycles. The Labute approximate surface area is 155 Å². The standard InChI is InChI=1S/C24H24N2/c1-17-14-18(2)20(4)22(19(17)3)15-25-16-26(21-10-6-5-7-11-21)24-13-9-8-12-23(24)25/h5-14H,15H2,1-4H3. The molecule has 0 atom stereocenters. The van der Waals surface area contributed by atoms with E-state index in [-0.39, 0.29) is 0 Å². The summed E-state index contributed by atoms with van der Waals surface area (Å²) in [6, 6.07) is 21.3. The summed E-state index contributed by atoms with van der Waals surface area (Å²) in [6.07, 6.45) is 3.58. The Bertz CT molecular complexity index is 1060. The third kappa shape index (κ3) is 2.72. The predicted octanol–water partition coefficient (Wildman–Crippen LogP) is 5.00. The molecule has 0 spiro atoms. The summed E-state index contributed by atoms with van der Waals surface area (Å²) in [6.45, 7) is 9.70. The molecule has 1 aromatic heterocycles. The van der Waals surface area contributed by atoms with Crippen molar-refractivity contribution in [3.8, 4) is 5.69 Å². The van der Waals surface area contributed by atoms with E-state index in [0.29, 0.717) is 0 Å². The van der Waals surface area contributed by atoms with E-state index < -0.39 is 0 Å². The molecule has 0 N–H and O–H groups in total. The van der Waals surface area contributed by atoms with Gasteiger partial charge in [0.15, 0.2) is 0 Å². The van der Waals surface area contributed by atoms with Crippen LogP contribution in [-0.2, 0) is 6.54 Å². The molecule has 0 bridgehead atoms. The highest BCUT2D eigenvalue weighted by molar-refractivity contribution is 5.73. The van der Waals surface area contributed by atoms with Gasteiger partial charge in [-0.3, -0.25) is 0 Å². The van der Waals surface area contributed by atoms with Crippen molar-refractivity contribution in [2.24, 2.45) is 0 Å². The molecule has 0 amide bonds. The van der Waals surface area contributed by atoms with E-state index in [1.54, 1.807) is 0 Å². The van der Waals surface area contributed by atoms with E-state index in [9.17, 15) is 0 Å². The maximum atomic E-state index is 3.58. The fourth-order valence-electron chi connectivity index (χ4n) is 3.70. The molecule has 26 heavy (non-hydrogen) atoms. The molecule has 1 heterocycles. The maximum Gasteiger partial charge on any atom is 0.244 e. The molecule has 130 valence electrons. The summed E-state index contributed by atoms with van der Waals surface area (Å²) in [5.41, 5.74) is 10.4.